The quantitative estimate of drug-likeness (QED) is 0.361. The monoisotopic (exact) mass is 532 g/mol. The van der Waals surface area contributed by atoms with Crippen molar-refractivity contribution in [2.75, 3.05) is 0 Å². The van der Waals surface area contributed by atoms with Crippen molar-refractivity contribution < 1.29 is 75.7 Å². The minimum absolute atomic E-state index is 0. The second kappa shape index (κ2) is 9.51. The molecular weight excluding hydrogens is 523 g/mol. The van der Waals surface area contributed by atoms with Crippen molar-refractivity contribution in [3.05, 3.63) is 76.9 Å². The van der Waals surface area contributed by atoms with Crippen molar-refractivity contribution in [1.82, 2.24) is 0 Å². The molecule has 0 fully saturated rings. The SMILES string of the molecule is [Br-].[Br-].[Br-].[Zr+3][CH]1C(Cc2ccccc2)=Cc2ccccc21. The first-order valence-electron chi connectivity index (χ1n) is 5.89. The van der Waals surface area contributed by atoms with Gasteiger partial charge in [0.2, 0.25) is 0 Å². The van der Waals surface area contributed by atoms with Crippen LogP contribution in [0.15, 0.2) is 60.2 Å². The summed E-state index contributed by atoms with van der Waals surface area (Å²) in [6, 6.07) is 19.5. The Hall–Kier alpha value is 0.503. The Balaban J connectivity index is 0.00000120. The maximum absolute atomic E-state index is 2.38. The van der Waals surface area contributed by atoms with Crippen molar-refractivity contribution >= 4 is 6.08 Å². The molecule has 1 aliphatic carbocycles. The summed E-state index contributed by atoms with van der Waals surface area (Å²) in [7, 11) is 0. The molecule has 0 saturated heterocycles. The van der Waals surface area contributed by atoms with Gasteiger partial charge in [-0.3, -0.25) is 0 Å². The van der Waals surface area contributed by atoms with Gasteiger partial charge in [0.1, 0.15) is 0 Å². The first-order valence-corrected chi connectivity index (χ1v) is 7.31. The average Bonchev–Trinajstić information content (AvgIpc) is 2.68. The molecule has 0 bridgehead atoms. The van der Waals surface area contributed by atoms with E-state index in [-0.39, 0.29) is 50.9 Å². The molecule has 0 amide bonds. The van der Waals surface area contributed by atoms with E-state index in [1.807, 2.05) is 0 Å². The number of hydrogen-bond acceptors (Lipinski definition) is 0. The summed E-state index contributed by atoms with van der Waals surface area (Å²) in [5.41, 5.74) is 5.91. The molecule has 1 aliphatic rings. The Morgan fingerprint density at radius 3 is 2.05 bits per heavy atom. The van der Waals surface area contributed by atoms with Crippen LogP contribution in [-0.2, 0) is 31.1 Å². The average molecular weight is 536 g/mol. The summed E-state index contributed by atoms with van der Waals surface area (Å²) in [5.74, 6) is 0. The van der Waals surface area contributed by atoms with E-state index in [2.05, 4.69) is 60.7 Å². The topological polar surface area (TPSA) is 0 Å². The van der Waals surface area contributed by atoms with Crippen molar-refractivity contribution in [2.45, 2.75) is 10.0 Å². The molecule has 1 unspecified atom stereocenters. The van der Waals surface area contributed by atoms with Gasteiger partial charge in [0.05, 0.1) is 0 Å². The first kappa shape index (κ1) is 20.5. The van der Waals surface area contributed by atoms with E-state index >= 15 is 0 Å². The van der Waals surface area contributed by atoms with Crippen LogP contribution in [0.1, 0.15) is 20.3 Å². The normalized spacial score (nSPS) is 15.1. The first-order chi connectivity index (χ1) is 8.34. The van der Waals surface area contributed by atoms with Gasteiger partial charge in [-0.15, -0.1) is 0 Å². The summed E-state index contributed by atoms with van der Waals surface area (Å²) in [4.78, 5) is 0. The zero-order valence-electron chi connectivity index (χ0n) is 10.7. The number of halogens is 3. The summed E-state index contributed by atoms with van der Waals surface area (Å²) >= 11 is 1.59. The number of rotatable bonds is 2. The van der Waals surface area contributed by atoms with E-state index in [1.165, 1.54) is 16.7 Å². The maximum atomic E-state index is 2.38. The third-order valence-electron chi connectivity index (χ3n) is 3.27. The van der Waals surface area contributed by atoms with E-state index in [4.69, 9.17) is 0 Å². The molecule has 0 saturated carbocycles. The molecule has 1 atom stereocenters. The van der Waals surface area contributed by atoms with Gasteiger partial charge in [-0.1, -0.05) is 0 Å². The van der Waals surface area contributed by atoms with Crippen LogP contribution in [0.3, 0.4) is 0 Å². The van der Waals surface area contributed by atoms with E-state index in [1.54, 1.807) is 30.3 Å². The number of fused-ring (bicyclic) bond motifs is 1. The zero-order valence-corrected chi connectivity index (χ0v) is 17.9. The second-order valence-electron chi connectivity index (χ2n) is 4.44. The molecule has 0 heterocycles. The third-order valence-corrected chi connectivity index (χ3v) is 4.95. The molecule has 4 heteroatoms. The summed E-state index contributed by atoms with van der Waals surface area (Å²) < 4.78 is 0.651. The van der Waals surface area contributed by atoms with Crippen molar-refractivity contribution in [3.63, 3.8) is 0 Å². The molecule has 0 nitrogen and oxygen atoms in total. The van der Waals surface area contributed by atoms with Gasteiger partial charge in [0.25, 0.3) is 0 Å². The van der Waals surface area contributed by atoms with Gasteiger partial charge in [0, 0.05) is 0 Å². The van der Waals surface area contributed by atoms with E-state index in [0.717, 1.165) is 6.42 Å². The van der Waals surface area contributed by atoms with E-state index in [0.29, 0.717) is 3.63 Å². The van der Waals surface area contributed by atoms with Crippen LogP contribution in [0, 0.1) is 0 Å². The Kier molecular flexibility index (Phi) is 9.75. The van der Waals surface area contributed by atoms with Crippen LogP contribution >= 0.6 is 0 Å². The molecule has 3 rings (SSSR count). The van der Waals surface area contributed by atoms with Crippen molar-refractivity contribution in [2.24, 2.45) is 0 Å². The van der Waals surface area contributed by atoms with Gasteiger partial charge in [-0.05, 0) is 0 Å². The Morgan fingerprint density at radius 2 is 1.40 bits per heavy atom. The molecule has 0 radical (unpaired) electrons. The van der Waals surface area contributed by atoms with E-state index in [9.17, 15) is 0 Å². The molecule has 2 aromatic carbocycles. The molecule has 0 N–H and O–H groups in total. The van der Waals surface area contributed by atoms with Crippen LogP contribution in [-0.4, -0.2) is 0 Å². The van der Waals surface area contributed by atoms with Gasteiger partial charge in [0.15, 0.2) is 0 Å². The Labute approximate surface area is 167 Å². The molecular formula is C16H13Br3Zr. The summed E-state index contributed by atoms with van der Waals surface area (Å²) in [5, 5.41) is 0. The van der Waals surface area contributed by atoms with E-state index < -0.39 is 0 Å². The van der Waals surface area contributed by atoms with Crippen LogP contribution < -0.4 is 50.9 Å². The fourth-order valence-corrected chi connectivity index (χ4v) is 3.47. The van der Waals surface area contributed by atoms with Crippen molar-refractivity contribution in [1.29, 1.82) is 0 Å². The zero-order chi connectivity index (χ0) is 11.7. The molecule has 2 aromatic rings. The third kappa shape index (κ3) is 4.50. The van der Waals surface area contributed by atoms with Crippen LogP contribution in [0.2, 0.25) is 0 Å². The van der Waals surface area contributed by atoms with Gasteiger partial charge in [-0.25, -0.2) is 0 Å². The van der Waals surface area contributed by atoms with Crippen molar-refractivity contribution in [3.8, 4) is 0 Å². The molecule has 0 aromatic heterocycles. The second-order valence-corrected chi connectivity index (χ2v) is 5.86. The van der Waals surface area contributed by atoms with Gasteiger partial charge >= 0.3 is 118 Å². The number of benzene rings is 2. The van der Waals surface area contributed by atoms with Crippen LogP contribution in [0.4, 0.5) is 0 Å². The standard InChI is InChI=1S/C16H13.3BrH.Zr/c1-2-6-13(7-3-1)10-14-11-15-8-4-5-9-16(15)12-14;;;;/h1-9,11-12H,10H2;3*1H;/q;;;;+3/p-3. The fourth-order valence-electron chi connectivity index (χ4n) is 2.37. The minimum atomic E-state index is 0. The fraction of sp³-hybridized carbons (Fsp3) is 0.125. The van der Waals surface area contributed by atoms with Crippen LogP contribution in [0.5, 0.6) is 0 Å². The molecule has 0 spiro atoms. The predicted octanol–water partition coefficient (Wildman–Crippen LogP) is -5.07. The molecule has 102 valence electrons. The summed E-state index contributed by atoms with van der Waals surface area (Å²) in [6.07, 6.45) is 3.47. The Bertz CT molecular complexity index is 567. The Morgan fingerprint density at radius 1 is 0.800 bits per heavy atom. The molecule has 20 heavy (non-hydrogen) atoms. The summed E-state index contributed by atoms with van der Waals surface area (Å²) in [6.45, 7) is 0. The predicted molar refractivity (Wildman–Crippen MR) is 67.3 cm³/mol. The molecule has 0 aliphatic heterocycles. The number of hydrogen-bond donors (Lipinski definition) is 0. The number of allylic oxidation sites excluding steroid dienone is 1. The van der Waals surface area contributed by atoms with Crippen LogP contribution in [0.25, 0.3) is 6.08 Å². The van der Waals surface area contributed by atoms with Gasteiger partial charge in [-0.2, -0.15) is 0 Å². The van der Waals surface area contributed by atoms with Gasteiger partial charge < -0.3 is 50.9 Å².